The normalized spacial score (nSPS) is 40.5. The molecule has 0 spiro atoms. The van der Waals surface area contributed by atoms with Crippen molar-refractivity contribution in [2.45, 2.75) is 50.4 Å². The van der Waals surface area contributed by atoms with Crippen LogP contribution >= 0.6 is 0 Å². The van der Waals surface area contributed by atoms with E-state index >= 15 is 0 Å². The van der Waals surface area contributed by atoms with E-state index in [0.717, 1.165) is 0 Å². The molecule has 0 aromatic carbocycles. The Morgan fingerprint density at radius 3 is 1.30 bits per heavy atom. The molecule has 20 heavy (non-hydrogen) atoms. The highest BCUT2D eigenvalue weighted by Crippen LogP contribution is 2.50. The van der Waals surface area contributed by atoms with E-state index in [4.69, 9.17) is 10.2 Å². The summed E-state index contributed by atoms with van der Waals surface area (Å²) >= 11 is 0. The van der Waals surface area contributed by atoms with E-state index in [0.29, 0.717) is 12.8 Å². The minimum absolute atomic E-state index is 0.194. The molecule has 0 saturated heterocycles. The number of halogens is 4. The van der Waals surface area contributed by atoms with Crippen LogP contribution in [0.15, 0.2) is 0 Å². The number of rotatable bonds is 3. The largest absolute Gasteiger partial charge is 0.396 e. The van der Waals surface area contributed by atoms with Crippen molar-refractivity contribution < 1.29 is 27.8 Å². The molecule has 2 saturated carbocycles. The maximum atomic E-state index is 13.8. The molecule has 118 valence electrons. The number of aliphatic hydroxyl groups is 2. The number of hydrogen-bond acceptors (Lipinski definition) is 2. The molecule has 2 nitrogen and oxygen atoms in total. The van der Waals surface area contributed by atoms with Crippen LogP contribution < -0.4 is 0 Å². The first kappa shape index (κ1) is 16.0. The van der Waals surface area contributed by atoms with Crippen LogP contribution in [0.4, 0.5) is 17.6 Å². The summed E-state index contributed by atoms with van der Waals surface area (Å²) in [5.41, 5.74) is 0. The Morgan fingerprint density at radius 1 is 0.700 bits per heavy atom. The zero-order valence-electron chi connectivity index (χ0n) is 11.4. The van der Waals surface area contributed by atoms with Crippen LogP contribution in [0.25, 0.3) is 0 Å². The zero-order chi connectivity index (χ0) is 15.0. The monoisotopic (exact) mass is 298 g/mol. The third-order valence-corrected chi connectivity index (χ3v) is 5.14. The van der Waals surface area contributed by atoms with Gasteiger partial charge in [0.15, 0.2) is 0 Å². The summed E-state index contributed by atoms with van der Waals surface area (Å²) in [7, 11) is 0. The van der Waals surface area contributed by atoms with Gasteiger partial charge in [0.05, 0.1) is 13.2 Å². The van der Waals surface area contributed by atoms with Gasteiger partial charge in [-0.3, -0.25) is 0 Å². The van der Waals surface area contributed by atoms with E-state index in [9.17, 15) is 17.6 Å². The molecule has 2 aliphatic rings. The Kier molecular flexibility index (Phi) is 4.64. The van der Waals surface area contributed by atoms with E-state index in [1.54, 1.807) is 0 Å². The molecular formula is C14H22F4O2. The van der Waals surface area contributed by atoms with Gasteiger partial charge in [-0.2, -0.15) is 0 Å². The molecule has 2 N–H and O–H groups in total. The molecule has 0 unspecified atom stereocenters. The fourth-order valence-corrected chi connectivity index (χ4v) is 3.74. The van der Waals surface area contributed by atoms with Crippen molar-refractivity contribution in [1.29, 1.82) is 0 Å². The van der Waals surface area contributed by atoms with Crippen LogP contribution in [0.1, 0.15) is 38.5 Å². The molecule has 0 radical (unpaired) electrons. The highest BCUT2D eigenvalue weighted by molar-refractivity contribution is 4.93. The van der Waals surface area contributed by atoms with Crippen molar-refractivity contribution in [2.75, 3.05) is 13.2 Å². The summed E-state index contributed by atoms with van der Waals surface area (Å²) in [6.45, 7) is -1.10. The molecule has 6 heteroatoms. The molecular weight excluding hydrogens is 276 g/mol. The Labute approximate surface area is 116 Å². The number of alkyl halides is 4. The lowest BCUT2D eigenvalue weighted by Gasteiger charge is -2.43. The van der Waals surface area contributed by atoms with E-state index in [2.05, 4.69) is 0 Å². The van der Waals surface area contributed by atoms with Gasteiger partial charge in [0, 0.05) is 24.7 Å². The average molecular weight is 298 g/mol. The quantitative estimate of drug-likeness (QED) is 0.786. The first-order valence-corrected chi connectivity index (χ1v) is 7.27. The third kappa shape index (κ3) is 3.11. The van der Waals surface area contributed by atoms with E-state index in [1.807, 2.05) is 0 Å². The maximum absolute atomic E-state index is 13.8. The minimum atomic E-state index is -2.96. The zero-order valence-corrected chi connectivity index (χ0v) is 11.4. The summed E-state index contributed by atoms with van der Waals surface area (Å²) in [6.07, 6.45) is 0.543. The van der Waals surface area contributed by atoms with Gasteiger partial charge in [-0.1, -0.05) is 0 Å². The fraction of sp³-hybridized carbons (Fsp3) is 1.00. The summed E-state index contributed by atoms with van der Waals surface area (Å²) in [6, 6.07) is 0. The summed E-state index contributed by atoms with van der Waals surface area (Å²) < 4.78 is 55.3. The molecule has 0 aromatic rings. The first-order chi connectivity index (χ1) is 9.30. The van der Waals surface area contributed by atoms with Crippen molar-refractivity contribution in [3.05, 3.63) is 0 Å². The second-order valence-electron chi connectivity index (χ2n) is 6.36. The van der Waals surface area contributed by atoms with Crippen molar-refractivity contribution >= 4 is 0 Å². The van der Waals surface area contributed by atoms with Crippen LogP contribution in [0, 0.1) is 23.7 Å². The first-order valence-electron chi connectivity index (χ1n) is 7.27. The highest BCUT2D eigenvalue weighted by atomic mass is 19.3. The molecule has 2 aliphatic carbocycles. The minimum Gasteiger partial charge on any atom is -0.396 e. The van der Waals surface area contributed by atoms with Crippen molar-refractivity contribution in [3.8, 4) is 0 Å². The van der Waals surface area contributed by atoms with E-state index in [1.165, 1.54) is 0 Å². The molecule has 0 heterocycles. The standard InChI is InChI=1S/C14H22F4O2/c15-13(16)5-9(1-3-11(13)7-19)10-2-4-12(8-20)14(17,18)6-10/h9-12,19-20H,1-8H2/t9-,10+,11+,12-. The SMILES string of the molecule is OC[C@@H]1CC[C@@H]([C@H]2CC[C@H](CO)C(F)(F)C2)CC1(F)F. The Bertz CT molecular complexity index is 303. The summed E-state index contributed by atoms with van der Waals surface area (Å²) in [5, 5.41) is 17.9. The lowest BCUT2D eigenvalue weighted by atomic mass is 9.67. The second kappa shape index (κ2) is 5.79. The van der Waals surface area contributed by atoms with Gasteiger partial charge >= 0.3 is 0 Å². The van der Waals surface area contributed by atoms with Crippen molar-refractivity contribution in [2.24, 2.45) is 23.7 Å². The number of hydrogen-bond donors (Lipinski definition) is 2. The van der Waals surface area contributed by atoms with Gasteiger partial charge in [-0.05, 0) is 37.5 Å². The molecule has 2 rings (SSSR count). The smallest absolute Gasteiger partial charge is 0.253 e. The van der Waals surface area contributed by atoms with Crippen LogP contribution in [0.2, 0.25) is 0 Å². The van der Waals surface area contributed by atoms with Gasteiger partial charge in [-0.25, -0.2) is 17.6 Å². The molecule has 0 aliphatic heterocycles. The van der Waals surface area contributed by atoms with Gasteiger partial charge < -0.3 is 10.2 Å². The van der Waals surface area contributed by atoms with Crippen LogP contribution in [-0.4, -0.2) is 35.3 Å². The van der Waals surface area contributed by atoms with E-state index < -0.39 is 61.6 Å². The molecule has 2 fully saturated rings. The highest BCUT2D eigenvalue weighted by Gasteiger charge is 2.51. The third-order valence-electron chi connectivity index (χ3n) is 5.14. The van der Waals surface area contributed by atoms with Crippen LogP contribution in [-0.2, 0) is 0 Å². The van der Waals surface area contributed by atoms with Gasteiger partial charge in [-0.15, -0.1) is 0 Å². The molecule has 4 atom stereocenters. The molecule has 0 bridgehead atoms. The van der Waals surface area contributed by atoms with E-state index in [-0.39, 0.29) is 12.8 Å². The van der Waals surface area contributed by atoms with Crippen LogP contribution in [0.3, 0.4) is 0 Å². The van der Waals surface area contributed by atoms with Gasteiger partial charge in [0.1, 0.15) is 0 Å². The van der Waals surface area contributed by atoms with Crippen molar-refractivity contribution in [3.63, 3.8) is 0 Å². The lowest BCUT2D eigenvalue weighted by Crippen LogP contribution is -2.44. The average Bonchev–Trinajstić information content (AvgIpc) is 2.36. The van der Waals surface area contributed by atoms with Gasteiger partial charge in [0.2, 0.25) is 0 Å². The van der Waals surface area contributed by atoms with Gasteiger partial charge in [0.25, 0.3) is 11.8 Å². The Morgan fingerprint density at radius 2 is 1.05 bits per heavy atom. The maximum Gasteiger partial charge on any atom is 0.253 e. The predicted molar refractivity (Wildman–Crippen MR) is 65.7 cm³/mol. The van der Waals surface area contributed by atoms with Crippen molar-refractivity contribution in [1.82, 2.24) is 0 Å². The Balaban J connectivity index is 2.00. The number of aliphatic hydroxyl groups excluding tert-OH is 2. The lowest BCUT2D eigenvalue weighted by molar-refractivity contribution is -0.152. The summed E-state index contributed by atoms with van der Waals surface area (Å²) in [4.78, 5) is 0. The fourth-order valence-electron chi connectivity index (χ4n) is 3.74. The van der Waals surface area contributed by atoms with Crippen LogP contribution in [0.5, 0.6) is 0 Å². The molecule has 0 amide bonds. The summed E-state index contributed by atoms with van der Waals surface area (Å²) in [5.74, 6) is -8.79. The second-order valence-corrected chi connectivity index (χ2v) is 6.36. The Hall–Kier alpha value is -0.360. The topological polar surface area (TPSA) is 40.5 Å². The predicted octanol–water partition coefficient (Wildman–Crippen LogP) is 3.07. The molecule has 0 aromatic heterocycles.